The molecule has 2 N–H and O–H groups in total. The van der Waals surface area contributed by atoms with Gasteiger partial charge < -0.3 is 10.6 Å². The van der Waals surface area contributed by atoms with Gasteiger partial charge in [0, 0.05) is 25.5 Å². The molecular weight excluding hydrogens is 410 g/mol. The van der Waals surface area contributed by atoms with Crippen LogP contribution >= 0.6 is 11.8 Å². The highest BCUT2D eigenvalue weighted by Gasteiger charge is 2.20. The Morgan fingerprint density at radius 2 is 1.55 bits per heavy atom. The van der Waals surface area contributed by atoms with Crippen molar-refractivity contribution in [3.8, 4) is 0 Å². The Kier molecular flexibility index (Phi) is 8.24. The zero-order valence-corrected chi connectivity index (χ0v) is 18.2. The van der Waals surface area contributed by atoms with Crippen molar-refractivity contribution in [1.29, 1.82) is 0 Å². The zero-order valence-electron chi connectivity index (χ0n) is 16.6. The fourth-order valence-corrected chi connectivity index (χ4v) is 4.19. The van der Waals surface area contributed by atoms with Gasteiger partial charge in [-0.15, -0.1) is 11.8 Å². The van der Waals surface area contributed by atoms with Crippen LogP contribution in [0.25, 0.3) is 0 Å². The molecule has 0 spiro atoms. The molecule has 0 fully saturated rings. The standard InChI is InChI=1S/C20H25N3O4S2/c1-4-18(28-14-19(24)21-15-8-6-5-7-9-15)20(25)22-16-10-12-17(13-11-16)29(26,27)23(2)3/h5-13,18H,4,14H2,1-3H3,(H,21,24)(H,22,25). The maximum absolute atomic E-state index is 12.5. The maximum atomic E-state index is 12.5. The number of carbonyl (C=O) groups is 2. The van der Waals surface area contributed by atoms with Gasteiger partial charge in [-0.05, 0) is 42.8 Å². The number of hydrogen-bond donors (Lipinski definition) is 2. The third-order valence-corrected chi connectivity index (χ3v) is 7.24. The lowest BCUT2D eigenvalue weighted by molar-refractivity contribution is -0.115. The molecule has 0 aliphatic heterocycles. The molecular formula is C20H25N3O4S2. The monoisotopic (exact) mass is 435 g/mol. The average molecular weight is 436 g/mol. The second-order valence-corrected chi connectivity index (χ2v) is 9.77. The van der Waals surface area contributed by atoms with E-state index in [1.165, 1.54) is 38.0 Å². The molecule has 1 atom stereocenters. The van der Waals surface area contributed by atoms with E-state index in [9.17, 15) is 18.0 Å². The molecule has 0 saturated heterocycles. The molecule has 0 saturated carbocycles. The topological polar surface area (TPSA) is 95.6 Å². The summed E-state index contributed by atoms with van der Waals surface area (Å²) in [5.74, 6) is -0.250. The molecule has 0 bridgehead atoms. The van der Waals surface area contributed by atoms with Gasteiger partial charge >= 0.3 is 0 Å². The second-order valence-electron chi connectivity index (χ2n) is 6.42. The number of para-hydroxylation sites is 1. The van der Waals surface area contributed by atoms with Crippen LogP contribution in [0.3, 0.4) is 0 Å². The number of benzene rings is 2. The summed E-state index contributed by atoms with van der Waals surface area (Å²) in [5, 5.41) is 5.16. The predicted molar refractivity (Wildman–Crippen MR) is 118 cm³/mol. The number of carbonyl (C=O) groups excluding carboxylic acids is 2. The van der Waals surface area contributed by atoms with Crippen molar-refractivity contribution >= 4 is 45.0 Å². The van der Waals surface area contributed by atoms with Crippen LogP contribution in [0.2, 0.25) is 0 Å². The quantitative estimate of drug-likeness (QED) is 0.631. The van der Waals surface area contributed by atoms with E-state index in [2.05, 4.69) is 10.6 Å². The van der Waals surface area contributed by atoms with Crippen molar-refractivity contribution in [2.75, 3.05) is 30.5 Å². The Balaban J connectivity index is 1.91. The van der Waals surface area contributed by atoms with E-state index in [-0.39, 0.29) is 22.5 Å². The van der Waals surface area contributed by atoms with E-state index in [1.54, 1.807) is 24.3 Å². The van der Waals surface area contributed by atoms with Crippen LogP contribution in [0.15, 0.2) is 59.5 Å². The number of thioether (sulfide) groups is 1. The smallest absolute Gasteiger partial charge is 0.242 e. The summed E-state index contributed by atoms with van der Waals surface area (Å²) in [6.07, 6.45) is 0.558. The number of nitrogens with one attached hydrogen (secondary N) is 2. The van der Waals surface area contributed by atoms with Crippen LogP contribution in [0.4, 0.5) is 11.4 Å². The average Bonchev–Trinajstić information content (AvgIpc) is 2.69. The number of rotatable bonds is 9. The first-order chi connectivity index (χ1) is 13.7. The van der Waals surface area contributed by atoms with Gasteiger partial charge in [-0.2, -0.15) is 0 Å². The first-order valence-corrected chi connectivity index (χ1v) is 11.5. The summed E-state index contributed by atoms with van der Waals surface area (Å²) in [5.41, 5.74) is 1.21. The molecule has 2 rings (SSSR count). The Bertz CT molecular complexity index is 930. The molecule has 0 aromatic heterocycles. The molecule has 0 radical (unpaired) electrons. The van der Waals surface area contributed by atoms with Gasteiger partial charge in [0.05, 0.1) is 15.9 Å². The lowest BCUT2D eigenvalue weighted by Gasteiger charge is -2.15. The highest BCUT2D eigenvalue weighted by atomic mass is 32.2. The lowest BCUT2D eigenvalue weighted by atomic mass is 10.3. The second kappa shape index (κ2) is 10.4. The number of amides is 2. The van der Waals surface area contributed by atoms with E-state index < -0.39 is 15.3 Å². The minimum atomic E-state index is -3.52. The van der Waals surface area contributed by atoms with Crippen molar-refractivity contribution in [1.82, 2.24) is 4.31 Å². The van der Waals surface area contributed by atoms with Crippen molar-refractivity contribution < 1.29 is 18.0 Å². The highest BCUT2D eigenvalue weighted by Crippen LogP contribution is 2.20. The SMILES string of the molecule is CCC(SCC(=O)Nc1ccccc1)C(=O)Nc1ccc(S(=O)(=O)N(C)C)cc1. The Labute approximate surface area is 175 Å². The van der Waals surface area contributed by atoms with Crippen LogP contribution in [-0.4, -0.2) is 49.6 Å². The first-order valence-electron chi connectivity index (χ1n) is 9.04. The highest BCUT2D eigenvalue weighted by molar-refractivity contribution is 8.01. The molecule has 0 aliphatic rings. The number of hydrogen-bond acceptors (Lipinski definition) is 5. The van der Waals surface area contributed by atoms with Gasteiger partial charge in [0.25, 0.3) is 0 Å². The van der Waals surface area contributed by atoms with Crippen molar-refractivity contribution in [3.63, 3.8) is 0 Å². The molecule has 0 heterocycles. The van der Waals surface area contributed by atoms with Crippen molar-refractivity contribution in [2.45, 2.75) is 23.5 Å². The third-order valence-electron chi connectivity index (χ3n) is 4.04. The molecule has 1 unspecified atom stereocenters. The van der Waals surface area contributed by atoms with E-state index in [0.29, 0.717) is 17.8 Å². The molecule has 2 aromatic carbocycles. The van der Waals surface area contributed by atoms with Gasteiger partial charge in [0.15, 0.2) is 0 Å². The largest absolute Gasteiger partial charge is 0.325 e. The van der Waals surface area contributed by atoms with Gasteiger partial charge in [0.1, 0.15) is 0 Å². The lowest BCUT2D eigenvalue weighted by Crippen LogP contribution is -2.27. The molecule has 156 valence electrons. The van der Waals surface area contributed by atoms with Crippen molar-refractivity contribution in [3.05, 3.63) is 54.6 Å². The molecule has 0 aliphatic carbocycles. The van der Waals surface area contributed by atoms with Gasteiger partial charge in [-0.25, -0.2) is 12.7 Å². The molecule has 29 heavy (non-hydrogen) atoms. The van der Waals surface area contributed by atoms with Crippen LogP contribution in [-0.2, 0) is 19.6 Å². The zero-order chi connectivity index (χ0) is 21.4. The molecule has 2 aromatic rings. The molecule has 2 amide bonds. The number of anilines is 2. The normalized spacial score (nSPS) is 12.4. The summed E-state index contributed by atoms with van der Waals surface area (Å²) in [6, 6.07) is 15.1. The Morgan fingerprint density at radius 3 is 2.10 bits per heavy atom. The summed E-state index contributed by atoms with van der Waals surface area (Å²) in [6.45, 7) is 1.87. The predicted octanol–water partition coefficient (Wildman–Crippen LogP) is 3.03. The van der Waals surface area contributed by atoms with Crippen molar-refractivity contribution in [2.24, 2.45) is 0 Å². The van der Waals surface area contributed by atoms with Gasteiger partial charge in [-0.3, -0.25) is 9.59 Å². The Morgan fingerprint density at radius 1 is 0.966 bits per heavy atom. The van der Waals surface area contributed by atoms with E-state index >= 15 is 0 Å². The van der Waals surface area contributed by atoms with Crippen LogP contribution < -0.4 is 10.6 Å². The van der Waals surface area contributed by atoms with E-state index in [4.69, 9.17) is 0 Å². The summed E-state index contributed by atoms with van der Waals surface area (Å²) in [7, 11) is -0.594. The first kappa shape index (κ1) is 22.9. The fourth-order valence-electron chi connectivity index (χ4n) is 2.42. The van der Waals surface area contributed by atoms with E-state index in [1.807, 2.05) is 25.1 Å². The minimum absolute atomic E-state index is 0.152. The molecule has 9 heteroatoms. The summed E-state index contributed by atoms with van der Waals surface area (Å²) in [4.78, 5) is 24.7. The minimum Gasteiger partial charge on any atom is -0.325 e. The maximum Gasteiger partial charge on any atom is 0.242 e. The Hall–Kier alpha value is -2.36. The number of sulfonamides is 1. The third kappa shape index (κ3) is 6.59. The number of nitrogens with zero attached hydrogens (tertiary/aromatic N) is 1. The molecule has 7 nitrogen and oxygen atoms in total. The van der Waals surface area contributed by atoms with Gasteiger partial charge in [0.2, 0.25) is 21.8 Å². The fraction of sp³-hybridized carbons (Fsp3) is 0.300. The van der Waals surface area contributed by atoms with Crippen LogP contribution in [0.1, 0.15) is 13.3 Å². The van der Waals surface area contributed by atoms with E-state index in [0.717, 1.165) is 4.31 Å². The summed E-state index contributed by atoms with van der Waals surface area (Å²) >= 11 is 1.26. The van der Waals surface area contributed by atoms with Crippen LogP contribution in [0.5, 0.6) is 0 Å². The van der Waals surface area contributed by atoms with Gasteiger partial charge in [-0.1, -0.05) is 25.1 Å². The van der Waals surface area contributed by atoms with Crippen LogP contribution in [0, 0.1) is 0 Å². The summed E-state index contributed by atoms with van der Waals surface area (Å²) < 4.78 is 25.3.